The molecule has 0 fully saturated rings. The molecular formula is C21H44O3S. The third-order valence-corrected chi connectivity index (χ3v) is 6.07. The first kappa shape index (κ1) is 24.9. The lowest BCUT2D eigenvalue weighted by atomic mass is 10.1. The van der Waals surface area contributed by atoms with Gasteiger partial charge in [-0.25, -0.2) is 0 Å². The third kappa shape index (κ3) is 20.1. The molecule has 0 aromatic rings. The normalized spacial score (nSPS) is 11.9. The lowest BCUT2D eigenvalue weighted by Crippen LogP contribution is -2.11. The zero-order chi connectivity index (χ0) is 18.6. The van der Waals surface area contributed by atoms with E-state index >= 15 is 0 Å². The van der Waals surface area contributed by atoms with E-state index in [2.05, 4.69) is 13.8 Å². The summed E-state index contributed by atoms with van der Waals surface area (Å²) in [5.41, 5.74) is 0. The van der Waals surface area contributed by atoms with Crippen LogP contribution in [-0.2, 0) is 14.3 Å². The summed E-state index contributed by atoms with van der Waals surface area (Å²) in [6.07, 6.45) is 20.5. The van der Waals surface area contributed by atoms with Gasteiger partial charge < -0.3 is 0 Å². The average Bonchev–Trinajstić information content (AvgIpc) is 2.59. The maximum atomic E-state index is 11.8. The van der Waals surface area contributed by atoms with Crippen LogP contribution in [0.2, 0.25) is 0 Å². The molecule has 152 valence electrons. The van der Waals surface area contributed by atoms with E-state index in [4.69, 9.17) is 4.18 Å². The fraction of sp³-hybridized carbons (Fsp3) is 1.00. The molecule has 0 rings (SSSR count). The quantitative estimate of drug-likeness (QED) is 0.170. The second-order valence-electron chi connectivity index (χ2n) is 7.39. The largest absolute Gasteiger partial charge is 0.270 e. The summed E-state index contributed by atoms with van der Waals surface area (Å²) >= 11 is 0. The second-order valence-corrected chi connectivity index (χ2v) is 9.15. The van der Waals surface area contributed by atoms with Crippen molar-refractivity contribution in [2.75, 3.05) is 12.4 Å². The lowest BCUT2D eigenvalue weighted by molar-refractivity contribution is 0.305. The molecule has 4 heteroatoms. The van der Waals surface area contributed by atoms with Gasteiger partial charge in [0, 0.05) is 0 Å². The van der Waals surface area contributed by atoms with Gasteiger partial charge in [0.25, 0.3) is 10.1 Å². The molecule has 3 nitrogen and oxygen atoms in total. The maximum Gasteiger partial charge on any atom is 0.267 e. The molecule has 0 unspecified atom stereocenters. The third-order valence-electron chi connectivity index (χ3n) is 4.76. The van der Waals surface area contributed by atoms with Crippen LogP contribution >= 0.6 is 0 Å². The minimum absolute atomic E-state index is 0.193. The highest BCUT2D eigenvalue weighted by atomic mass is 32.2. The van der Waals surface area contributed by atoms with Gasteiger partial charge in [0.1, 0.15) is 0 Å². The molecule has 0 saturated heterocycles. The Labute approximate surface area is 158 Å². The average molecular weight is 377 g/mol. The van der Waals surface area contributed by atoms with E-state index in [0.29, 0.717) is 6.61 Å². The minimum Gasteiger partial charge on any atom is -0.270 e. The first-order valence-electron chi connectivity index (χ1n) is 11.0. The minimum atomic E-state index is -3.29. The van der Waals surface area contributed by atoms with Crippen LogP contribution in [0.1, 0.15) is 123 Å². The molecule has 0 aliphatic carbocycles. The summed E-state index contributed by atoms with van der Waals surface area (Å²) in [7, 11) is -3.29. The van der Waals surface area contributed by atoms with Crippen molar-refractivity contribution in [2.45, 2.75) is 123 Å². The monoisotopic (exact) mass is 376 g/mol. The molecule has 0 aliphatic heterocycles. The van der Waals surface area contributed by atoms with Gasteiger partial charge in [-0.05, 0) is 12.8 Å². The summed E-state index contributed by atoms with van der Waals surface area (Å²) in [4.78, 5) is 0. The predicted molar refractivity (Wildman–Crippen MR) is 110 cm³/mol. The predicted octanol–water partition coefficient (Wildman–Crippen LogP) is 7.00. The summed E-state index contributed by atoms with van der Waals surface area (Å²) < 4.78 is 28.7. The van der Waals surface area contributed by atoms with Crippen molar-refractivity contribution in [3.8, 4) is 0 Å². The Morgan fingerprint density at radius 1 is 0.520 bits per heavy atom. The Bertz CT molecular complexity index is 352. The van der Waals surface area contributed by atoms with E-state index < -0.39 is 10.1 Å². The van der Waals surface area contributed by atoms with Gasteiger partial charge in [-0.2, -0.15) is 8.42 Å². The smallest absolute Gasteiger partial charge is 0.267 e. The molecule has 0 bridgehead atoms. The molecule has 0 aromatic heterocycles. The molecule has 0 spiro atoms. The van der Waals surface area contributed by atoms with Gasteiger partial charge in [0.2, 0.25) is 0 Å². The van der Waals surface area contributed by atoms with Gasteiger partial charge in [-0.3, -0.25) is 4.18 Å². The molecule has 0 saturated carbocycles. The van der Waals surface area contributed by atoms with E-state index in [0.717, 1.165) is 32.1 Å². The summed E-state index contributed by atoms with van der Waals surface area (Å²) in [5.74, 6) is 0.193. The first-order chi connectivity index (χ1) is 12.1. The Morgan fingerprint density at radius 3 is 1.32 bits per heavy atom. The summed E-state index contributed by atoms with van der Waals surface area (Å²) in [6.45, 7) is 4.82. The van der Waals surface area contributed by atoms with Crippen molar-refractivity contribution in [1.82, 2.24) is 0 Å². The standard InChI is InChI=1S/C21H44O3S/c1-3-5-7-9-11-12-13-14-16-18-20-24-25(22,23)21-19-17-15-10-8-6-4-2/h3-21H2,1-2H3. The number of hydrogen-bond donors (Lipinski definition) is 0. The second kappa shape index (κ2) is 18.7. The van der Waals surface area contributed by atoms with Crippen LogP contribution < -0.4 is 0 Å². The lowest BCUT2D eigenvalue weighted by Gasteiger charge is -2.06. The van der Waals surface area contributed by atoms with Crippen molar-refractivity contribution in [3.05, 3.63) is 0 Å². The Balaban J connectivity index is 3.33. The zero-order valence-corrected chi connectivity index (χ0v) is 17.9. The van der Waals surface area contributed by atoms with E-state index in [1.54, 1.807) is 0 Å². The van der Waals surface area contributed by atoms with Gasteiger partial charge >= 0.3 is 0 Å². The van der Waals surface area contributed by atoms with Crippen LogP contribution in [0.3, 0.4) is 0 Å². The molecule has 0 N–H and O–H groups in total. The van der Waals surface area contributed by atoms with Gasteiger partial charge in [0.05, 0.1) is 12.4 Å². The molecular weight excluding hydrogens is 332 g/mol. The highest BCUT2D eigenvalue weighted by Crippen LogP contribution is 2.12. The van der Waals surface area contributed by atoms with Crippen LogP contribution in [0.5, 0.6) is 0 Å². The Hall–Kier alpha value is -0.0900. The zero-order valence-electron chi connectivity index (χ0n) is 17.1. The van der Waals surface area contributed by atoms with Crippen molar-refractivity contribution in [2.24, 2.45) is 0 Å². The van der Waals surface area contributed by atoms with Gasteiger partial charge in [-0.1, -0.05) is 110 Å². The fourth-order valence-electron chi connectivity index (χ4n) is 3.07. The molecule has 0 aliphatic rings. The fourth-order valence-corrected chi connectivity index (χ4v) is 4.12. The SMILES string of the molecule is CCCCCCCCCCCCOS(=O)(=O)CCCCCCCCC. The van der Waals surface area contributed by atoms with Crippen LogP contribution in [0.25, 0.3) is 0 Å². The molecule has 0 amide bonds. The van der Waals surface area contributed by atoms with E-state index in [9.17, 15) is 8.42 Å². The van der Waals surface area contributed by atoms with Crippen molar-refractivity contribution >= 4 is 10.1 Å². The molecule has 0 aromatic carbocycles. The maximum absolute atomic E-state index is 11.8. The number of unbranched alkanes of at least 4 members (excludes halogenated alkanes) is 15. The number of rotatable bonds is 20. The Morgan fingerprint density at radius 2 is 0.880 bits per heavy atom. The van der Waals surface area contributed by atoms with Crippen LogP contribution in [0.4, 0.5) is 0 Å². The van der Waals surface area contributed by atoms with E-state index in [1.807, 2.05) is 0 Å². The highest BCUT2D eigenvalue weighted by Gasteiger charge is 2.10. The molecule has 0 radical (unpaired) electrons. The van der Waals surface area contributed by atoms with E-state index in [1.165, 1.54) is 77.0 Å². The van der Waals surface area contributed by atoms with Crippen molar-refractivity contribution in [3.63, 3.8) is 0 Å². The Kier molecular flexibility index (Phi) is 18.6. The van der Waals surface area contributed by atoms with Crippen LogP contribution in [-0.4, -0.2) is 20.8 Å². The first-order valence-corrected chi connectivity index (χ1v) is 12.6. The summed E-state index contributed by atoms with van der Waals surface area (Å²) in [5, 5.41) is 0. The molecule has 0 atom stereocenters. The summed E-state index contributed by atoms with van der Waals surface area (Å²) in [6, 6.07) is 0. The van der Waals surface area contributed by atoms with E-state index in [-0.39, 0.29) is 5.75 Å². The molecule has 25 heavy (non-hydrogen) atoms. The molecule has 0 heterocycles. The highest BCUT2D eigenvalue weighted by molar-refractivity contribution is 7.86. The number of hydrogen-bond acceptors (Lipinski definition) is 3. The van der Waals surface area contributed by atoms with Crippen LogP contribution in [0.15, 0.2) is 0 Å². The van der Waals surface area contributed by atoms with Gasteiger partial charge in [-0.15, -0.1) is 0 Å². The topological polar surface area (TPSA) is 43.4 Å². The van der Waals surface area contributed by atoms with Gasteiger partial charge in [0.15, 0.2) is 0 Å². The van der Waals surface area contributed by atoms with Crippen molar-refractivity contribution < 1.29 is 12.6 Å². The van der Waals surface area contributed by atoms with Crippen LogP contribution in [0, 0.1) is 0 Å². The van der Waals surface area contributed by atoms with Crippen molar-refractivity contribution in [1.29, 1.82) is 0 Å².